The smallest absolute Gasteiger partial charge is 0.326 e. The fourth-order valence-electron chi connectivity index (χ4n) is 2.59. The van der Waals surface area contributed by atoms with Gasteiger partial charge in [-0.2, -0.15) is 0 Å². The minimum atomic E-state index is -0.181. The molecule has 1 aliphatic carbocycles. The van der Waals surface area contributed by atoms with Gasteiger partial charge in [-0.1, -0.05) is 12.1 Å². The molecular weight excluding hydrogens is 232 g/mol. The molecule has 94 valence electrons. The lowest BCUT2D eigenvalue weighted by Gasteiger charge is -2.33. The maximum absolute atomic E-state index is 11.9. The van der Waals surface area contributed by atoms with Gasteiger partial charge in [-0.15, -0.1) is 0 Å². The predicted molar refractivity (Wildman–Crippen MR) is 66.3 cm³/mol. The summed E-state index contributed by atoms with van der Waals surface area (Å²) >= 11 is 0. The fourth-order valence-corrected chi connectivity index (χ4v) is 2.59. The topological polar surface area (TPSA) is 64.1 Å². The standard InChI is InChI=1S/C13H14N2O3/c1-18-12(16)8-6-9(7-8)15-11-5-3-2-4-10(11)14-13(15)17/h2-5,8-9H,6-7H2,1H3,(H,14,17). The molecule has 1 aromatic heterocycles. The van der Waals surface area contributed by atoms with Gasteiger partial charge in [-0.3, -0.25) is 9.36 Å². The van der Waals surface area contributed by atoms with Crippen molar-refractivity contribution in [3.8, 4) is 0 Å². The zero-order valence-electron chi connectivity index (χ0n) is 10.1. The van der Waals surface area contributed by atoms with Crippen LogP contribution >= 0.6 is 0 Å². The Labute approximate surface area is 103 Å². The van der Waals surface area contributed by atoms with Crippen LogP contribution in [0.4, 0.5) is 0 Å². The Morgan fingerprint density at radius 3 is 2.83 bits per heavy atom. The lowest BCUT2D eigenvalue weighted by atomic mass is 9.80. The van der Waals surface area contributed by atoms with Gasteiger partial charge in [0.25, 0.3) is 0 Å². The van der Waals surface area contributed by atoms with Gasteiger partial charge in [-0.25, -0.2) is 4.79 Å². The molecule has 0 amide bonds. The van der Waals surface area contributed by atoms with E-state index in [2.05, 4.69) is 4.98 Å². The molecule has 0 spiro atoms. The molecule has 5 heteroatoms. The summed E-state index contributed by atoms with van der Waals surface area (Å²) in [7, 11) is 1.40. The number of carbonyl (C=O) groups excluding carboxylic acids is 1. The highest BCUT2D eigenvalue weighted by Gasteiger charge is 2.37. The van der Waals surface area contributed by atoms with E-state index in [0.29, 0.717) is 12.8 Å². The number of methoxy groups -OCH3 is 1. The highest BCUT2D eigenvalue weighted by atomic mass is 16.5. The van der Waals surface area contributed by atoms with E-state index in [0.717, 1.165) is 11.0 Å². The molecule has 1 heterocycles. The Kier molecular flexibility index (Phi) is 2.47. The molecule has 0 aliphatic heterocycles. The van der Waals surface area contributed by atoms with Crippen LogP contribution in [0.1, 0.15) is 18.9 Å². The van der Waals surface area contributed by atoms with E-state index in [4.69, 9.17) is 4.74 Å². The van der Waals surface area contributed by atoms with Crippen molar-refractivity contribution in [1.29, 1.82) is 0 Å². The number of benzene rings is 1. The third kappa shape index (κ3) is 1.54. The van der Waals surface area contributed by atoms with Crippen LogP contribution in [0.15, 0.2) is 29.1 Å². The number of H-pyrrole nitrogens is 1. The van der Waals surface area contributed by atoms with Crippen molar-refractivity contribution < 1.29 is 9.53 Å². The van der Waals surface area contributed by atoms with Crippen molar-refractivity contribution in [2.45, 2.75) is 18.9 Å². The molecule has 5 nitrogen and oxygen atoms in total. The number of aromatic nitrogens is 2. The monoisotopic (exact) mass is 246 g/mol. The number of nitrogens with zero attached hydrogens (tertiary/aromatic N) is 1. The van der Waals surface area contributed by atoms with Crippen molar-refractivity contribution in [3.05, 3.63) is 34.7 Å². The zero-order chi connectivity index (χ0) is 12.7. The number of aromatic amines is 1. The first-order chi connectivity index (χ1) is 8.70. The predicted octanol–water partition coefficient (Wildman–Crippen LogP) is 1.45. The maximum Gasteiger partial charge on any atom is 0.326 e. The van der Waals surface area contributed by atoms with Crippen LogP contribution < -0.4 is 5.69 Å². The first kappa shape index (κ1) is 11.1. The quantitative estimate of drug-likeness (QED) is 0.816. The summed E-state index contributed by atoms with van der Waals surface area (Å²) in [5, 5.41) is 0. The molecule has 1 saturated carbocycles. The molecule has 1 N–H and O–H groups in total. The molecule has 0 saturated heterocycles. The number of nitrogens with one attached hydrogen (secondary N) is 1. The van der Waals surface area contributed by atoms with Crippen LogP contribution in [0.3, 0.4) is 0 Å². The Balaban J connectivity index is 1.91. The van der Waals surface area contributed by atoms with Crippen molar-refractivity contribution in [2.24, 2.45) is 5.92 Å². The summed E-state index contributed by atoms with van der Waals surface area (Å²) < 4.78 is 6.45. The maximum atomic E-state index is 11.9. The van der Waals surface area contributed by atoms with Gasteiger partial charge >= 0.3 is 11.7 Å². The van der Waals surface area contributed by atoms with Crippen molar-refractivity contribution in [2.75, 3.05) is 7.11 Å². The van der Waals surface area contributed by atoms with Crippen LogP contribution in [0.25, 0.3) is 11.0 Å². The Bertz CT molecular complexity index is 650. The minimum absolute atomic E-state index is 0.0689. The lowest BCUT2D eigenvalue weighted by molar-refractivity contribution is -0.149. The summed E-state index contributed by atoms with van der Waals surface area (Å²) in [6, 6.07) is 7.68. The van der Waals surface area contributed by atoms with Gasteiger partial charge in [-0.05, 0) is 25.0 Å². The summed E-state index contributed by atoms with van der Waals surface area (Å²) in [6.07, 6.45) is 1.35. The average Bonchev–Trinajstić information content (AvgIpc) is 2.64. The number of para-hydroxylation sites is 2. The second-order valence-corrected chi connectivity index (χ2v) is 4.66. The summed E-state index contributed by atoms with van der Waals surface area (Å²) in [6.45, 7) is 0. The van der Waals surface area contributed by atoms with Gasteiger partial charge < -0.3 is 9.72 Å². The third-order valence-electron chi connectivity index (χ3n) is 3.64. The zero-order valence-corrected chi connectivity index (χ0v) is 10.1. The molecule has 3 rings (SSSR count). The second kappa shape index (κ2) is 4.01. The third-order valence-corrected chi connectivity index (χ3v) is 3.64. The van der Waals surface area contributed by atoms with E-state index in [1.807, 2.05) is 24.3 Å². The molecule has 1 aromatic carbocycles. The Hall–Kier alpha value is -2.04. The van der Waals surface area contributed by atoms with E-state index in [9.17, 15) is 9.59 Å². The van der Waals surface area contributed by atoms with Gasteiger partial charge in [0, 0.05) is 6.04 Å². The van der Waals surface area contributed by atoms with E-state index in [1.165, 1.54) is 7.11 Å². The normalized spacial score (nSPS) is 22.7. The molecule has 0 bridgehead atoms. The van der Waals surface area contributed by atoms with Crippen molar-refractivity contribution in [1.82, 2.24) is 9.55 Å². The number of esters is 1. The SMILES string of the molecule is COC(=O)C1CC(n2c(=O)[nH]c3ccccc32)C1. The first-order valence-electron chi connectivity index (χ1n) is 5.98. The molecule has 2 aromatic rings. The lowest BCUT2D eigenvalue weighted by Crippen LogP contribution is -2.36. The molecule has 0 atom stereocenters. The summed E-state index contributed by atoms with van der Waals surface area (Å²) in [4.78, 5) is 26.1. The Morgan fingerprint density at radius 1 is 1.39 bits per heavy atom. The van der Waals surface area contributed by atoms with Crippen molar-refractivity contribution in [3.63, 3.8) is 0 Å². The largest absolute Gasteiger partial charge is 0.469 e. The van der Waals surface area contributed by atoms with Crippen LogP contribution in [0, 0.1) is 5.92 Å². The van der Waals surface area contributed by atoms with Gasteiger partial charge in [0.1, 0.15) is 0 Å². The average molecular weight is 246 g/mol. The molecule has 0 radical (unpaired) electrons. The number of carbonyl (C=O) groups is 1. The Morgan fingerprint density at radius 2 is 2.11 bits per heavy atom. The van der Waals surface area contributed by atoms with Crippen LogP contribution in [-0.4, -0.2) is 22.6 Å². The van der Waals surface area contributed by atoms with Crippen LogP contribution in [-0.2, 0) is 9.53 Å². The van der Waals surface area contributed by atoms with E-state index in [-0.39, 0.29) is 23.6 Å². The highest BCUT2D eigenvalue weighted by molar-refractivity contribution is 5.76. The van der Waals surface area contributed by atoms with Crippen LogP contribution in [0.5, 0.6) is 0 Å². The van der Waals surface area contributed by atoms with Gasteiger partial charge in [0.05, 0.1) is 24.1 Å². The number of rotatable bonds is 2. The first-order valence-corrected chi connectivity index (χ1v) is 5.98. The number of fused-ring (bicyclic) bond motifs is 1. The van der Waals surface area contributed by atoms with E-state index in [1.54, 1.807) is 4.57 Å². The minimum Gasteiger partial charge on any atom is -0.469 e. The second-order valence-electron chi connectivity index (χ2n) is 4.66. The summed E-state index contributed by atoms with van der Waals surface area (Å²) in [5.74, 6) is -0.250. The number of ether oxygens (including phenoxy) is 1. The molecular formula is C13H14N2O3. The van der Waals surface area contributed by atoms with E-state index < -0.39 is 0 Å². The van der Waals surface area contributed by atoms with Crippen LogP contribution in [0.2, 0.25) is 0 Å². The summed E-state index contributed by atoms with van der Waals surface area (Å²) in [5.41, 5.74) is 1.63. The van der Waals surface area contributed by atoms with Gasteiger partial charge in [0.15, 0.2) is 0 Å². The molecule has 1 fully saturated rings. The van der Waals surface area contributed by atoms with Gasteiger partial charge in [0.2, 0.25) is 0 Å². The number of imidazole rings is 1. The van der Waals surface area contributed by atoms with Crippen molar-refractivity contribution >= 4 is 17.0 Å². The molecule has 0 unspecified atom stereocenters. The van der Waals surface area contributed by atoms with E-state index >= 15 is 0 Å². The fraction of sp³-hybridized carbons (Fsp3) is 0.385. The molecule has 1 aliphatic rings. The molecule has 18 heavy (non-hydrogen) atoms. The number of hydrogen-bond donors (Lipinski definition) is 1. The highest BCUT2D eigenvalue weighted by Crippen LogP contribution is 2.38. The number of hydrogen-bond acceptors (Lipinski definition) is 3.